The lowest BCUT2D eigenvalue weighted by Crippen LogP contribution is -2.26. The lowest BCUT2D eigenvalue weighted by atomic mass is 10.4. The van der Waals surface area contributed by atoms with E-state index in [0.717, 1.165) is 0 Å². The number of nitrogens with one attached hydrogen (secondary N) is 1. The highest BCUT2D eigenvalue weighted by molar-refractivity contribution is 7.12. The average molecular weight is 266 g/mol. The van der Waals surface area contributed by atoms with E-state index in [1.54, 1.807) is 35.6 Å². The zero-order valence-electron chi connectivity index (χ0n) is 9.92. The number of carbonyl (C=O) groups is 1. The molecule has 0 fully saturated rings. The van der Waals surface area contributed by atoms with E-state index in [4.69, 9.17) is 10.5 Å². The number of methoxy groups -OCH3 is 1. The number of anilines is 1. The quantitative estimate of drug-likeness (QED) is 0.844. The molecule has 1 amide bonds. The van der Waals surface area contributed by atoms with Crippen LogP contribution < -0.4 is 15.8 Å². The van der Waals surface area contributed by atoms with Crippen LogP contribution in [0, 0.1) is 0 Å². The van der Waals surface area contributed by atoms with Crippen LogP contribution in [0.2, 0.25) is 0 Å². The van der Waals surface area contributed by atoms with Gasteiger partial charge in [0.05, 0.1) is 30.4 Å². The molecule has 0 aliphatic rings. The number of hydrogen-bond acceptors (Lipinski definition) is 5. The molecule has 2 aromatic heterocycles. The van der Waals surface area contributed by atoms with Gasteiger partial charge < -0.3 is 15.8 Å². The molecule has 0 radical (unpaired) electrons. The Morgan fingerprint density at radius 3 is 3.11 bits per heavy atom. The molecule has 96 valence electrons. The molecule has 0 aliphatic carbocycles. The summed E-state index contributed by atoms with van der Waals surface area (Å²) in [6.45, 7) is 1.09. The van der Waals surface area contributed by atoms with Crippen LogP contribution in [0.1, 0.15) is 9.67 Å². The van der Waals surface area contributed by atoms with Crippen LogP contribution in [0.4, 0.5) is 5.69 Å². The summed E-state index contributed by atoms with van der Waals surface area (Å²) in [5.41, 5.74) is 6.15. The second kappa shape index (κ2) is 5.54. The number of carbonyl (C=O) groups excluding carboxylic acids is 1. The Kier molecular flexibility index (Phi) is 3.83. The van der Waals surface area contributed by atoms with Crippen molar-refractivity contribution in [3.8, 4) is 5.75 Å². The fourth-order valence-corrected chi connectivity index (χ4v) is 2.19. The number of ether oxygens (including phenoxy) is 1. The van der Waals surface area contributed by atoms with Crippen molar-refractivity contribution in [2.24, 2.45) is 0 Å². The molecule has 0 bridgehead atoms. The molecular weight excluding hydrogens is 252 g/mol. The summed E-state index contributed by atoms with van der Waals surface area (Å²) in [4.78, 5) is 12.4. The van der Waals surface area contributed by atoms with E-state index in [-0.39, 0.29) is 5.91 Å². The molecule has 0 atom stereocenters. The molecular formula is C11H14N4O2S. The maximum absolute atomic E-state index is 11.8. The summed E-state index contributed by atoms with van der Waals surface area (Å²) >= 11 is 1.35. The van der Waals surface area contributed by atoms with Crippen LogP contribution in [0.3, 0.4) is 0 Å². The smallest absolute Gasteiger partial charge is 0.261 e. The third-order valence-corrected chi connectivity index (χ3v) is 3.22. The predicted molar refractivity (Wildman–Crippen MR) is 69.8 cm³/mol. The minimum Gasteiger partial charge on any atom is -0.496 e. The van der Waals surface area contributed by atoms with Crippen LogP contribution in [0.15, 0.2) is 23.8 Å². The first-order valence-electron chi connectivity index (χ1n) is 5.37. The molecule has 2 aromatic rings. The highest BCUT2D eigenvalue weighted by Gasteiger charge is 2.08. The summed E-state index contributed by atoms with van der Waals surface area (Å²) < 4.78 is 6.71. The molecule has 0 saturated heterocycles. The van der Waals surface area contributed by atoms with Gasteiger partial charge in [0.15, 0.2) is 0 Å². The van der Waals surface area contributed by atoms with Crippen LogP contribution in [0.5, 0.6) is 5.75 Å². The van der Waals surface area contributed by atoms with Crippen LogP contribution >= 0.6 is 11.3 Å². The number of rotatable bonds is 5. The van der Waals surface area contributed by atoms with E-state index in [1.807, 2.05) is 0 Å². The molecule has 0 unspecified atom stereocenters. The summed E-state index contributed by atoms with van der Waals surface area (Å²) in [5.74, 6) is 0.591. The van der Waals surface area contributed by atoms with Crippen molar-refractivity contribution < 1.29 is 9.53 Å². The fourth-order valence-electron chi connectivity index (χ4n) is 1.42. The van der Waals surface area contributed by atoms with E-state index < -0.39 is 0 Å². The zero-order chi connectivity index (χ0) is 13.0. The number of hydrogen-bond donors (Lipinski definition) is 2. The molecule has 0 spiro atoms. The monoisotopic (exact) mass is 266 g/mol. The topological polar surface area (TPSA) is 82.2 Å². The third kappa shape index (κ3) is 3.01. The molecule has 3 N–H and O–H groups in total. The fraction of sp³-hybridized carbons (Fsp3) is 0.273. The van der Waals surface area contributed by atoms with Crippen molar-refractivity contribution in [3.63, 3.8) is 0 Å². The Morgan fingerprint density at radius 2 is 2.50 bits per heavy atom. The van der Waals surface area contributed by atoms with Gasteiger partial charge in [0, 0.05) is 24.2 Å². The van der Waals surface area contributed by atoms with Gasteiger partial charge >= 0.3 is 0 Å². The molecule has 0 aromatic carbocycles. The molecule has 0 saturated carbocycles. The Hall–Kier alpha value is -2.02. The first-order chi connectivity index (χ1) is 8.69. The number of aromatic nitrogens is 2. The minimum atomic E-state index is -0.108. The number of nitrogens with two attached hydrogens (primary N) is 1. The maximum Gasteiger partial charge on any atom is 0.261 e. The van der Waals surface area contributed by atoms with E-state index in [9.17, 15) is 4.79 Å². The van der Waals surface area contributed by atoms with Crippen molar-refractivity contribution >= 4 is 22.9 Å². The Morgan fingerprint density at radius 1 is 1.67 bits per heavy atom. The first-order valence-corrected chi connectivity index (χ1v) is 6.25. The van der Waals surface area contributed by atoms with Gasteiger partial charge in [0.1, 0.15) is 5.75 Å². The van der Waals surface area contributed by atoms with Crippen molar-refractivity contribution in [2.45, 2.75) is 6.54 Å². The molecule has 18 heavy (non-hydrogen) atoms. The first kappa shape index (κ1) is 12.4. The second-order valence-corrected chi connectivity index (χ2v) is 4.55. The Bertz CT molecular complexity index is 535. The number of nitrogens with zero attached hydrogens (tertiary/aromatic N) is 2. The SMILES string of the molecule is COc1csc(C(=O)NCCn2cc(N)cn2)c1. The summed E-state index contributed by atoms with van der Waals surface area (Å²) in [6.07, 6.45) is 3.30. The van der Waals surface area contributed by atoms with Gasteiger partial charge in [-0.3, -0.25) is 9.48 Å². The lowest BCUT2D eigenvalue weighted by Gasteiger charge is -2.03. The van der Waals surface area contributed by atoms with Gasteiger partial charge in [-0.25, -0.2) is 0 Å². The van der Waals surface area contributed by atoms with E-state index in [2.05, 4.69) is 10.4 Å². The van der Waals surface area contributed by atoms with E-state index in [1.165, 1.54) is 11.3 Å². The van der Waals surface area contributed by atoms with Crippen molar-refractivity contribution in [3.05, 3.63) is 28.7 Å². The van der Waals surface area contributed by atoms with Gasteiger partial charge in [0.25, 0.3) is 5.91 Å². The van der Waals surface area contributed by atoms with Crippen molar-refractivity contribution in [2.75, 3.05) is 19.4 Å². The second-order valence-electron chi connectivity index (χ2n) is 3.64. The van der Waals surface area contributed by atoms with E-state index in [0.29, 0.717) is 29.4 Å². The largest absolute Gasteiger partial charge is 0.496 e. The van der Waals surface area contributed by atoms with Gasteiger partial charge in [-0.15, -0.1) is 11.3 Å². The molecule has 6 nitrogen and oxygen atoms in total. The standard InChI is InChI=1S/C11H14N4O2S/c1-17-9-4-10(18-7-9)11(16)13-2-3-15-6-8(12)5-14-15/h4-7H,2-3,12H2,1H3,(H,13,16). The van der Waals surface area contributed by atoms with Crippen LogP contribution in [0.25, 0.3) is 0 Å². The van der Waals surface area contributed by atoms with Crippen molar-refractivity contribution in [1.82, 2.24) is 15.1 Å². The van der Waals surface area contributed by atoms with Gasteiger partial charge in [-0.2, -0.15) is 5.10 Å². The molecule has 2 rings (SSSR count). The number of thiophene rings is 1. The molecule has 2 heterocycles. The zero-order valence-corrected chi connectivity index (χ0v) is 10.7. The number of amides is 1. The van der Waals surface area contributed by atoms with Gasteiger partial charge in [0.2, 0.25) is 0 Å². The van der Waals surface area contributed by atoms with Crippen molar-refractivity contribution in [1.29, 1.82) is 0 Å². The molecule has 7 heteroatoms. The van der Waals surface area contributed by atoms with Crippen LogP contribution in [-0.4, -0.2) is 29.3 Å². The van der Waals surface area contributed by atoms with Crippen LogP contribution in [-0.2, 0) is 6.54 Å². The minimum absolute atomic E-state index is 0.108. The van der Waals surface area contributed by atoms with Gasteiger partial charge in [-0.05, 0) is 0 Å². The number of nitrogen functional groups attached to an aromatic ring is 1. The Labute approximate surface area is 108 Å². The molecule has 0 aliphatic heterocycles. The summed E-state index contributed by atoms with van der Waals surface area (Å²) in [6, 6.07) is 1.71. The highest BCUT2D eigenvalue weighted by atomic mass is 32.1. The normalized spacial score (nSPS) is 10.3. The van der Waals surface area contributed by atoms with E-state index >= 15 is 0 Å². The van der Waals surface area contributed by atoms with Gasteiger partial charge in [-0.1, -0.05) is 0 Å². The predicted octanol–water partition coefficient (Wildman–Crippen LogP) is 0.965. The highest BCUT2D eigenvalue weighted by Crippen LogP contribution is 2.20. The summed E-state index contributed by atoms with van der Waals surface area (Å²) in [7, 11) is 1.58. The lowest BCUT2D eigenvalue weighted by molar-refractivity contribution is 0.0956. The third-order valence-electron chi connectivity index (χ3n) is 2.31. The average Bonchev–Trinajstić information content (AvgIpc) is 2.98. The Balaban J connectivity index is 1.81. The summed E-state index contributed by atoms with van der Waals surface area (Å²) in [5, 5.41) is 8.63. The maximum atomic E-state index is 11.8.